The number of allylic oxidation sites excluding steroid dienone is 3. The molecule has 0 bridgehead atoms. The number of unbranched alkanes of at least 4 members (excludes halogenated alkanes) is 1. The van der Waals surface area contributed by atoms with Gasteiger partial charge in [0, 0.05) is 11.4 Å². The van der Waals surface area contributed by atoms with Gasteiger partial charge < -0.3 is 9.84 Å². The van der Waals surface area contributed by atoms with Crippen LogP contribution in [0, 0.1) is 11.8 Å². The second-order valence-electron chi connectivity index (χ2n) is 6.87. The van der Waals surface area contributed by atoms with E-state index in [1.807, 2.05) is 24.3 Å². The third kappa shape index (κ3) is 8.09. The minimum absolute atomic E-state index is 0.260. The molecule has 1 N–H and O–H groups in total. The lowest BCUT2D eigenvalue weighted by atomic mass is 9.92. The highest BCUT2D eigenvalue weighted by Crippen LogP contribution is 2.35. The Morgan fingerprint density at radius 1 is 1.23 bits per heavy atom. The van der Waals surface area contributed by atoms with Crippen molar-refractivity contribution in [3.05, 3.63) is 53.6 Å². The smallest absolute Gasteiger partial charge is 0.303 e. The van der Waals surface area contributed by atoms with Gasteiger partial charge in [0.05, 0.1) is 6.61 Å². The van der Waals surface area contributed by atoms with Gasteiger partial charge in [0.25, 0.3) is 0 Å². The number of carboxylic acids is 1. The number of aliphatic carboxylic acids is 1. The van der Waals surface area contributed by atoms with Crippen LogP contribution in [0.25, 0.3) is 0 Å². The average Bonchev–Trinajstić information content (AvgIpc) is 3.05. The quantitative estimate of drug-likeness (QED) is 0.365. The number of carbonyl (C=O) groups is 1. The summed E-state index contributed by atoms with van der Waals surface area (Å²) in [7, 11) is 0. The summed E-state index contributed by atoms with van der Waals surface area (Å²) in [4.78, 5) is 10.5. The van der Waals surface area contributed by atoms with Crippen molar-refractivity contribution in [2.45, 2.75) is 51.4 Å². The van der Waals surface area contributed by atoms with Crippen molar-refractivity contribution in [2.75, 3.05) is 6.61 Å². The molecule has 0 saturated heterocycles. The van der Waals surface area contributed by atoms with E-state index in [0.29, 0.717) is 17.5 Å². The fourth-order valence-corrected chi connectivity index (χ4v) is 3.62. The molecule has 0 heterocycles. The molecule has 2 rings (SSSR count). The number of benzene rings is 1. The second-order valence-corrected chi connectivity index (χ2v) is 7.31. The normalized spacial score (nSPS) is 20.2. The zero-order chi connectivity index (χ0) is 18.6. The molecule has 1 saturated carbocycles. The van der Waals surface area contributed by atoms with Crippen molar-refractivity contribution in [2.24, 2.45) is 11.8 Å². The molecule has 1 aromatic carbocycles. The maximum absolute atomic E-state index is 10.5. The maximum Gasteiger partial charge on any atom is 0.303 e. The second kappa shape index (κ2) is 11.8. The van der Waals surface area contributed by atoms with E-state index in [1.54, 1.807) is 0 Å². The van der Waals surface area contributed by atoms with Crippen LogP contribution in [0.5, 0.6) is 5.75 Å². The Hall–Kier alpha value is -1.74. The van der Waals surface area contributed by atoms with Crippen LogP contribution in [0.15, 0.2) is 48.6 Å². The van der Waals surface area contributed by atoms with Gasteiger partial charge in [-0.15, -0.1) is 0 Å². The number of ether oxygens (including phenoxy) is 1. The van der Waals surface area contributed by atoms with E-state index >= 15 is 0 Å². The number of hydrogen-bond acceptors (Lipinski definition) is 2. The van der Waals surface area contributed by atoms with Gasteiger partial charge in [-0.2, -0.15) is 0 Å². The Kier molecular flexibility index (Phi) is 9.33. The van der Waals surface area contributed by atoms with Crippen molar-refractivity contribution >= 4 is 17.6 Å². The van der Waals surface area contributed by atoms with Gasteiger partial charge in [-0.1, -0.05) is 48.4 Å². The number of halogens is 1. The summed E-state index contributed by atoms with van der Waals surface area (Å²) in [5.41, 5.74) is 0. The Bertz CT molecular complexity index is 609. The molecule has 1 aliphatic carbocycles. The fourth-order valence-electron chi connectivity index (χ4n) is 3.44. The third-order valence-corrected chi connectivity index (χ3v) is 5.05. The molecule has 26 heavy (non-hydrogen) atoms. The first-order valence-electron chi connectivity index (χ1n) is 9.57. The average molecular weight is 377 g/mol. The zero-order valence-corrected chi connectivity index (χ0v) is 16.0. The molecule has 4 heteroatoms. The maximum atomic E-state index is 10.5. The highest BCUT2D eigenvalue weighted by Gasteiger charge is 2.23. The molecule has 0 aliphatic heterocycles. The summed E-state index contributed by atoms with van der Waals surface area (Å²) in [6.45, 7) is 0.664. The Morgan fingerprint density at radius 3 is 2.92 bits per heavy atom. The van der Waals surface area contributed by atoms with E-state index in [9.17, 15) is 4.79 Å². The summed E-state index contributed by atoms with van der Waals surface area (Å²) in [5, 5.41) is 9.33. The van der Waals surface area contributed by atoms with Gasteiger partial charge in [-0.05, 0) is 68.6 Å². The minimum atomic E-state index is -0.710. The summed E-state index contributed by atoms with van der Waals surface area (Å²) in [6.07, 6.45) is 16.7. The number of rotatable bonds is 11. The molecule has 3 nitrogen and oxygen atoms in total. The summed E-state index contributed by atoms with van der Waals surface area (Å²) >= 11 is 5.94. The van der Waals surface area contributed by atoms with Crippen molar-refractivity contribution in [1.29, 1.82) is 0 Å². The van der Waals surface area contributed by atoms with Gasteiger partial charge in [-0.3, -0.25) is 4.79 Å². The van der Waals surface area contributed by atoms with Gasteiger partial charge >= 0.3 is 5.97 Å². The summed E-state index contributed by atoms with van der Waals surface area (Å²) in [5.74, 6) is 1.48. The molecule has 0 aromatic heterocycles. The van der Waals surface area contributed by atoms with Crippen molar-refractivity contribution < 1.29 is 14.6 Å². The van der Waals surface area contributed by atoms with E-state index in [2.05, 4.69) is 24.3 Å². The molecule has 0 spiro atoms. The predicted molar refractivity (Wildman–Crippen MR) is 107 cm³/mol. The van der Waals surface area contributed by atoms with Gasteiger partial charge in [-0.25, -0.2) is 0 Å². The number of carboxylic acid groups (broad SMARTS) is 1. The van der Waals surface area contributed by atoms with E-state index < -0.39 is 5.97 Å². The monoisotopic (exact) mass is 376 g/mol. The first-order valence-corrected chi connectivity index (χ1v) is 9.95. The van der Waals surface area contributed by atoms with Crippen LogP contribution in [0.3, 0.4) is 0 Å². The SMILES string of the molecule is O=C(O)CCC/C=C\C[C@H]1CCC[C@@H]1/C=C/CCOc1cccc(Cl)c1. The van der Waals surface area contributed by atoms with Gasteiger partial charge in [0.1, 0.15) is 5.75 Å². The van der Waals surface area contributed by atoms with E-state index in [4.69, 9.17) is 21.4 Å². The first kappa shape index (κ1) is 20.6. The van der Waals surface area contributed by atoms with Crippen molar-refractivity contribution in [3.8, 4) is 5.75 Å². The van der Waals surface area contributed by atoms with E-state index in [0.717, 1.165) is 37.4 Å². The first-order chi connectivity index (χ1) is 12.6. The zero-order valence-electron chi connectivity index (χ0n) is 15.3. The molecule has 1 aromatic rings. The van der Waals surface area contributed by atoms with Crippen molar-refractivity contribution in [3.63, 3.8) is 0 Å². The van der Waals surface area contributed by atoms with E-state index in [-0.39, 0.29) is 6.42 Å². The van der Waals surface area contributed by atoms with Crippen LogP contribution in [0.2, 0.25) is 5.02 Å². The molecule has 0 radical (unpaired) electrons. The van der Waals surface area contributed by atoms with Crippen LogP contribution in [0.4, 0.5) is 0 Å². The molecule has 1 aliphatic rings. The third-order valence-electron chi connectivity index (χ3n) is 4.82. The molecule has 0 unspecified atom stereocenters. The summed E-state index contributed by atoms with van der Waals surface area (Å²) < 4.78 is 5.71. The predicted octanol–water partition coefficient (Wildman–Crippen LogP) is 6.28. The largest absolute Gasteiger partial charge is 0.493 e. The van der Waals surface area contributed by atoms with Crippen LogP contribution in [0.1, 0.15) is 51.4 Å². The fraction of sp³-hybridized carbons (Fsp3) is 0.500. The Labute approximate surface area is 161 Å². The highest BCUT2D eigenvalue weighted by atomic mass is 35.5. The van der Waals surface area contributed by atoms with Crippen LogP contribution < -0.4 is 4.74 Å². The lowest BCUT2D eigenvalue weighted by molar-refractivity contribution is -0.137. The Morgan fingerprint density at radius 2 is 2.12 bits per heavy atom. The minimum Gasteiger partial charge on any atom is -0.493 e. The molecule has 2 atom stereocenters. The number of hydrogen-bond donors (Lipinski definition) is 1. The van der Waals surface area contributed by atoms with Crippen LogP contribution >= 0.6 is 11.6 Å². The molecule has 1 fully saturated rings. The van der Waals surface area contributed by atoms with Crippen molar-refractivity contribution in [1.82, 2.24) is 0 Å². The molecular weight excluding hydrogens is 348 g/mol. The lowest BCUT2D eigenvalue weighted by Gasteiger charge is -2.14. The van der Waals surface area contributed by atoms with Crippen LogP contribution in [-0.2, 0) is 4.79 Å². The molecule has 0 amide bonds. The molecular formula is C22H29ClO3. The van der Waals surface area contributed by atoms with E-state index in [1.165, 1.54) is 19.3 Å². The summed E-state index contributed by atoms with van der Waals surface area (Å²) in [6, 6.07) is 7.49. The standard InChI is InChI=1S/C22H29ClO3/c23-20-13-8-14-21(17-20)26-16-6-5-10-19-12-7-11-18(19)9-3-1-2-4-15-22(24)25/h1,3,5,8,10,13-14,17-19H,2,4,6-7,9,11-12,15-16H2,(H,24,25)/b3-1-,10-5+/t18-,19-/m0/s1. The molecule has 142 valence electrons. The highest BCUT2D eigenvalue weighted by molar-refractivity contribution is 6.30. The topological polar surface area (TPSA) is 46.5 Å². The van der Waals surface area contributed by atoms with Gasteiger partial charge in [0.2, 0.25) is 0 Å². The van der Waals surface area contributed by atoms with Gasteiger partial charge in [0.15, 0.2) is 0 Å². The lowest BCUT2D eigenvalue weighted by Crippen LogP contribution is -2.04. The van der Waals surface area contributed by atoms with Crippen LogP contribution in [-0.4, -0.2) is 17.7 Å². The Balaban J connectivity index is 1.63.